The molecule has 0 atom stereocenters. The van der Waals surface area contributed by atoms with Crippen LogP contribution in [0, 0.1) is 5.41 Å². The number of aliphatic imine (C=N–C) groups is 1. The van der Waals surface area contributed by atoms with Crippen LogP contribution >= 0.6 is 0 Å². The van der Waals surface area contributed by atoms with E-state index in [1.807, 2.05) is 20.8 Å². The van der Waals surface area contributed by atoms with E-state index in [9.17, 15) is 4.79 Å². The van der Waals surface area contributed by atoms with Crippen molar-refractivity contribution in [3.63, 3.8) is 0 Å². The lowest BCUT2D eigenvalue weighted by Crippen LogP contribution is -2.10. The Morgan fingerprint density at radius 2 is 2.09 bits per heavy atom. The fourth-order valence-corrected chi connectivity index (χ4v) is 0.459. The van der Waals surface area contributed by atoms with Gasteiger partial charge < -0.3 is 4.74 Å². The Balaban J connectivity index is 3.70. The molecule has 0 saturated carbocycles. The van der Waals surface area contributed by atoms with Crippen LogP contribution in [0.4, 0.5) is 0 Å². The van der Waals surface area contributed by atoms with Crippen LogP contribution in [0.5, 0.6) is 0 Å². The van der Waals surface area contributed by atoms with E-state index < -0.39 is 0 Å². The molecule has 0 aromatic carbocycles. The van der Waals surface area contributed by atoms with Crippen molar-refractivity contribution < 1.29 is 9.53 Å². The van der Waals surface area contributed by atoms with Gasteiger partial charge in [-0.25, -0.2) is 0 Å². The van der Waals surface area contributed by atoms with Crippen molar-refractivity contribution >= 4 is 12.2 Å². The Morgan fingerprint density at radius 3 is 2.45 bits per heavy atom. The Hall–Kier alpha value is -0.860. The summed E-state index contributed by atoms with van der Waals surface area (Å²) in [5, 5.41) is 0. The van der Waals surface area contributed by atoms with E-state index in [1.54, 1.807) is 6.21 Å². The Kier molecular flexibility index (Phi) is 3.79. The molecule has 0 unspecified atom stereocenters. The van der Waals surface area contributed by atoms with Gasteiger partial charge >= 0.3 is 5.97 Å². The quantitative estimate of drug-likeness (QED) is 0.447. The number of hydrogen-bond donors (Lipinski definition) is 0. The average Bonchev–Trinajstić information content (AvgIpc) is 1.85. The molecule has 0 amide bonds. The normalized spacial score (nSPS) is 12.0. The molecule has 0 saturated heterocycles. The number of carbonyl (C=O) groups is 1. The van der Waals surface area contributed by atoms with Gasteiger partial charge in [-0.1, -0.05) is 20.8 Å². The summed E-state index contributed by atoms with van der Waals surface area (Å²) in [5.74, 6) is -0.300. The fraction of sp³-hybridized carbons (Fsp3) is 0.750. The van der Waals surface area contributed by atoms with Crippen LogP contribution in [-0.2, 0) is 9.53 Å². The van der Waals surface area contributed by atoms with E-state index in [2.05, 4.69) is 9.73 Å². The first-order chi connectivity index (χ1) is 4.95. The number of methoxy groups -OCH3 is 1. The second-order valence-corrected chi connectivity index (χ2v) is 3.41. The van der Waals surface area contributed by atoms with Crippen molar-refractivity contribution in [2.75, 3.05) is 13.7 Å². The lowest BCUT2D eigenvalue weighted by molar-refractivity contribution is -0.138. The van der Waals surface area contributed by atoms with E-state index in [4.69, 9.17) is 0 Å². The first-order valence-corrected chi connectivity index (χ1v) is 3.53. The maximum atomic E-state index is 10.6. The first-order valence-electron chi connectivity index (χ1n) is 3.53. The molecule has 0 spiro atoms. The average molecular weight is 157 g/mol. The monoisotopic (exact) mass is 157 g/mol. The Morgan fingerprint density at radius 1 is 1.55 bits per heavy atom. The van der Waals surface area contributed by atoms with Gasteiger partial charge in [-0.05, 0) is 5.41 Å². The molecule has 0 aliphatic heterocycles. The van der Waals surface area contributed by atoms with Crippen LogP contribution in [0.15, 0.2) is 4.99 Å². The van der Waals surface area contributed by atoms with Crippen LogP contribution < -0.4 is 0 Å². The molecule has 64 valence electrons. The van der Waals surface area contributed by atoms with Gasteiger partial charge in [0.25, 0.3) is 0 Å². The van der Waals surface area contributed by atoms with Gasteiger partial charge in [0.05, 0.1) is 7.11 Å². The Labute approximate surface area is 67.5 Å². The summed E-state index contributed by atoms with van der Waals surface area (Å²) in [6, 6.07) is 0. The van der Waals surface area contributed by atoms with Crippen LogP contribution in [0.3, 0.4) is 0 Å². The molecule has 0 fully saturated rings. The second kappa shape index (κ2) is 4.11. The maximum absolute atomic E-state index is 10.6. The highest BCUT2D eigenvalue weighted by molar-refractivity contribution is 5.74. The molecule has 11 heavy (non-hydrogen) atoms. The van der Waals surface area contributed by atoms with Gasteiger partial charge in [-0.3, -0.25) is 9.79 Å². The van der Waals surface area contributed by atoms with Crippen LogP contribution in [0.2, 0.25) is 0 Å². The number of carbonyl (C=O) groups excluding carboxylic acids is 1. The SMILES string of the molecule is COC(=O)CN=CC(C)(C)C. The fourth-order valence-electron chi connectivity index (χ4n) is 0.459. The molecule has 0 radical (unpaired) electrons. The third-order valence-corrected chi connectivity index (χ3v) is 0.927. The van der Waals surface area contributed by atoms with Crippen molar-refractivity contribution in [3.05, 3.63) is 0 Å². The number of esters is 1. The molecule has 3 nitrogen and oxygen atoms in total. The minimum Gasteiger partial charge on any atom is -0.468 e. The largest absolute Gasteiger partial charge is 0.468 e. The third-order valence-electron chi connectivity index (χ3n) is 0.927. The zero-order valence-corrected chi connectivity index (χ0v) is 7.55. The molecular weight excluding hydrogens is 142 g/mol. The molecular formula is C8H15NO2. The zero-order chi connectivity index (χ0) is 8.91. The van der Waals surface area contributed by atoms with E-state index in [-0.39, 0.29) is 17.9 Å². The lowest BCUT2D eigenvalue weighted by Gasteiger charge is -2.09. The highest BCUT2D eigenvalue weighted by Gasteiger charge is 2.05. The van der Waals surface area contributed by atoms with Crippen molar-refractivity contribution in [3.8, 4) is 0 Å². The first kappa shape index (κ1) is 10.1. The number of nitrogens with zero attached hydrogens (tertiary/aromatic N) is 1. The van der Waals surface area contributed by atoms with E-state index in [1.165, 1.54) is 7.11 Å². The highest BCUT2D eigenvalue weighted by atomic mass is 16.5. The van der Waals surface area contributed by atoms with Crippen LogP contribution in [0.1, 0.15) is 20.8 Å². The minimum atomic E-state index is -0.300. The predicted molar refractivity (Wildman–Crippen MR) is 44.8 cm³/mol. The molecule has 0 rings (SSSR count). The summed E-state index contributed by atoms with van der Waals surface area (Å²) in [7, 11) is 1.36. The third kappa shape index (κ3) is 7.03. The number of hydrogen-bond acceptors (Lipinski definition) is 3. The standard InChI is InChI=1S/C8H15NO2/c1-8(2,3)6-9-5-7(10)11-4/h6H,5H2,1-4H3. The van der Waals surface area contributed by atoms with Gasteiger partial charge in [0.15, 0.2) is 0 Å². The van der Waals surface area contributed by atoms with E-state index in [0.717, 1.165) is 0 Å². The van der Waals surface area contributed by atoms with Crippen molar-refractivity contribution in [1.29, 1.82) is 0 Å². The van der Waals surface area contributed by atoms with Crippen molar-refractivity contribution in [2.24, 2.45) is 10.4 Å². The molecule has 0 aromatic rings. The van der Waals surface area contributed by atoms with Gasteiger partial charge in [-0.2, -0.15) is 0 Å². The molecule has 0 aliphatic carbocycles. The summed E-state index contributed by atoms with van der Waals surface area (Å²) in [5.41, 5.74) is 0.0357. The number of ether oxygens (including phenoxy) is 1. The highest BCUT2D eigenvalue weighted by Crippen LogP contribution is 2.07. The Bertz CT molecular complexity index is 156. The lowest BCUT2D eigenvalue weighted by atomic mass is 9.99. The van der Waals surface area contributed by atoms with Gasteiger partial charge in [-0.15, -0.1) is 0 Å². The van der Waals surface area contributed by atoms with E-state index in [0.29, 0.717) is 0 Å². The molecule has 0 aromatic heterocycles. The number of rotatable bonds is 2. The molecule has 0 heterocycles. The summed E-state index contributed by atoms with van der Waals surface area (Å²) in [4.78, 5) is 14.5. The summed E-state index contributed by atoms with van der Waals surface area (Å²) in [6.45, 7) is 6.18. The van der Waals surface area contributed by atoms with Gasteiger partial charge in [0.2, 0.25) is 0 Å². The molecule has 3 heteroatoms. The van der Waals surface area contributed by atoms with Crippen molar-refractivity contribution in [1.82, 2.24) is 0 Å². The van der Waals surface area contributed by atoms with Gasteiger partial charge in [0.1, 0.15) is 6.54 Å². The topological polar surface area (TPSA) is 38.7 Å². The second-order valence-electron chi connectivity index (χ2n) is 3.41. The zero-order valence-electron chi connectivity index (χ0n) is 7.55. The van der Waals surface area contributed by atoms with Crippen LogP contribution in [-0.4, -0.2) is 25.8 Å². The van der Waals surface area contributed by atoms with Crippen LogP contribution in [0.25, 0.3) is 0 Å². The van der Waals surface area contributed by atoms with E-state index >= 15 is 0 Å². The summed E-state index contributed by atoms with van der Waals surface area (Å²) >= 11 is 0. The molecule has 0 bridgehead atoms. The predicted octanol–water partition coefficient (Wildman–Crippen LogP) is 1.28. The summed E-state index contributed by atoms with van der Waals surface area (Å²) < 4.78 is 4.41. The van der Waals surface area contributed by atoms with Gasteiger partial charge in [0, 0.05) is 6.21 Å². The smallest absolute Gasteiger partial charge is 0.327 e. The molecule has 0 N–H and O–H groups in total. The minimum absolute atomic E-state index is 0.0357. The molecule has 0 aliphatic rings. The maximum Gasteiger partial charge on any atom is 0.327 e. The van der Waals surface area contributed by atoms with Crippen molar-refractivity contribution in [2.45, 2.75) is 20.8 Å². The summed E-state index contributed by atoms with van der Waals surface area (Å²) in [6.07, 6.45) is 1.75.